The number of methoxy groups -OCH3 is 1. The van der Waals surface area contributed by atoms with Crippen molar-refractivity contribution in [2.75, 3.05) is 32.2 Å². The van der Waals surface area contributed by atoms with Gasteiger partial charge >= 0.3 is 0 Å². The Morgan fingerprint density at radius 2 is 2.44 bits per heavy atom. The molecule has 0 aliphatic heterocycles. The van der Waals surface area contributed by atoms with Crippen LogP contribution in [0, 0.1) is 11.3 Å². The molecule has 0 amide bonds. The Bertz CT molecular complexity index is 388. The summed E-state index contributed by atoms with van der Waals surface area (Å²) in [5.41, 5.74) is 1.03. The standard InChI is InChI=1S/C12H20N4OS/c1-10(4-5-13)16(2)12-15-11(9-18-12)8-14-6-7-17-3/h9-10,14H,4,6-8H2,1-3H3. The van der Waals surface area contributed by atoms with Gasteiger partial charge < -0.3 is 15.0 Å². The molecule has 1 rings (SSSR count). The zero-order valence-electron chi connectivity index (χ0n) is 11.1. The number of hydrogen-bond donors (Lipinski definition) is 1. The molecule has 0 saturated heterocycles. The second-order valence-corrected chi connectivity index (χ2v) is 4.95. The van der Waals surface area contributed by atoms with Gasteiger partial charge in [-0.1, -0.05) is 0 Å². The van der Waals surface area contributed by atoms with Crippen molar-refractivity contribution in [2.45, 2.75) is 25.9 Å². The lowest BCUT2D eigenvalue weighted by Crippen LogP contribution is -2.28. The first-order valence-electron chi connectivity index (χ1n) is 5.93. The van der Waals surface area contributed by atoms with Gasteiger partial charge in [0.15, 0.2) is 5.13 Å². The van der Waals surface area contributed by atoms with Crippen molar-refractivity contribution in [3.05, 3.63) is 11.1 Å². The number of nitrogens with one attached hydrogen (secondary N) is 1. The molecule has 0 radical (unpaired) electrons. The number of nitriles is 1. The highest BCUT2D eigenvalue weighted by atomic mass is 32.1. The molecule has 0 aliphatic rings. The Morgan fingerprint density at radius 1 is 1.67 bits per heavy atom. The summed E-state index contributed by atoms with van der Waals surface area (Å²) in [5.74, 6) is 0. The van der Waals surface area contributed by atoms with Gasteiger partial charge in [0.05, 0.1) is 24.8 Å². The minimum absolute atomic E-state index is 0.190. The van der Waals surface area contributed by atoms with Crippen LogP contribution < -0.4 is 10.2 Å². The van der Waals surface area contributed by atoms with Gasteiger partial charge in [-0.15, -0.1) is 11.3 Å². The number of hydrogen-bond acceptors (Lipinski definition) is 6. The first-order chi connectivity index (χ1) is 8.69. The number of nitrogens with zero attached hydrogens (tertiary/aromatic N) is 3. The van der Waals surface area contributed by atoms with Crippen LogP contribution in [0.2, 0.25) is 0 Å². The molecule has 0 aromatic carbocycles. The lowest BCUT2D eigenvalue weighted by atomic mass is 10.2. The van der Waals surface area contributed by atoms with Crippen molar-refractivity contribution in [3.8, 4) is 6.07 Å². The number of thiazole rings is 1. The largest absolute Gasteiger partial charge is 0.383 e. The van der Waals surface area contributed by atoms with E-state index in [9.17, 15) is 0 Å². The highest BCUT2D eigenvalue weighted by Crippen LogP contribution is 2.21. The van der Waals surface area contributed by atoms with Gasteiger partial charge in [0.25, 0.3) is 0 Å². The molecule has 0 spiro atoms. The molecule has 1 aromatic heterocycles. The molecule has 0 bridgehead atoms. The topological polar surface area (TPSA) is 61.2 Å². The quantitative estimate of drug-likeness (QED) is 0.726. The number of rotatable bonds is 8. The number of ether oxygens (including phenoxy) is 1. The maximum atomic E-state index is 8.69. The third-order valence-corrected chi connectivity index (χ3v) is 3.66. The summed E-state index contributed by atoms with van der Waals surface area (Å²) in [4.78, 5) is 6.59. The Labute approximate surface area is 112 Å². The van der Waals surface area contributed by atoms with Crippen LogP contribution in [-0.4, -0.2) is 38.3 Å². The summed E-state index contributed by atoms with van der Waals surface area (Å²) in [7, 11) is 3.66. The molecule has 1 N–H and O–H groups in total. The van der Waals surface area contributed by atoms with Crippen LogP contribution in [-0.2, 0) is 11.3 Å². The van der Waals surface area contributed by atoms with E-state index in [4.69, 9.17) is 10.00 Å². The van der Waals surface area contributed by atoms with Gasteiger partial charge in [-0.3, -0.25) is 0 Å². The molecule has 0 fully saturated rings. The van der Waals surface area contributed by atoms with Crippen LogP contribution in [0.1, 0.15) is 19.0 Å². The number of aromatic nitrogens is 1. The van der Waals surface area contributed by atoms with Crippen molar-refractivity contribution in [1.29, 1.82) is 5.26 Å². The van der Waals surface area contributed by atoms with Crippen molar-refractivity contribution in [1.82, 2.24) is 10.3 Å². The lowest BCUT2D eigenvalue weighted by Gasteiger charge is -2.21. The highest BCUT2D eigenvalue weighted by molar-refractivity contribution is 7.13. The Balaban J connectivity index is 2.45. The average Bonchev–Trinajstić information content (AvgIpc) is 2.83. The van der Waals surface area contributed by atoms with E-state index < -0.39 is 0 Å². The summed E-state index contributed by atoms with van der Waals surface area (Å²) in [6, 6.07) is 2.37. The van der Waals surface area contributed by atoms with E-state index in [1.165, 1.54) is 0 Å². The van der Waals surface area contributed by atoms with Crippen molar-refractivity contribution in [3.63, 3.8) is 0 Å². The Hall–Kier alpha value is -1.16. The van der Waals surface area contributed by atoms with E-state index in [0.717, 1.165) is 23.9 Å². The fourth-order valence-electron chi connectivity index (χ4n) is 1.39. The maximum Gasteiger partial charge on any atom is 0.185 e. The molecule has 1 unspecified atom stereocenters. The summed E-state index contributed by atoms with van der Waals surface area (Å²) in [6.45, 7) is 4.31. The molecule has 0 aliphatic carbocycles. The van der Waals surface area contributed by atoms with Gasteiger partial charge in [-0.2, -0.15) is 5.26 Å². The fraction of sp³-hybridized carbons (Fsp3) is 0.667. The summed E-state index contributed by atoms with van der Waals surface area (Å²) in [6.07, 6.45) is 0.511. The van der Waals surface area contributed by atoms with E-state index in [0.29, 0.717) is 13.0 Å². The van der Waals surface area contributed by atoms with Crippen molar-refractivity contribution >= 4 is 16.5 Å². The molecule has 6 heteroatoms. The number of anilines is 1. The zero-order valence-corrected chi connectivity index (χ0v) is 12.0. The van der Waals surface area contributed by atoms with Gasteiger partial charge in [-0.25, -0.2) is 4.98 Å². The summed E-state index contributed by atoms with van der Waals surface area (Å²) < 4.78 is 4.96. The Morgan fingerprint density at radius 3 is 3.11 bits per heavy atom. The Kier molecular flexibility index (Phi) is 6.65. The van der Waals surface area contributed by atoms with Crippen LogP contribution in [0.15, 0.2) is 5.38 Å². The second kappa shape index (κ2) is 8.03. The normalized spacial score (nSPS) is 12.1. The molecular weight excluding hydrogens is 248 g/mol. The smallest absolute Gasteiger partial charge is 0.185 e. The van der Waals surface area contributed by atoms with Gasteiger partial charge in [0.2, 0.25) is 0 Å². The third-order valence-electron chi connectivity index (χ3n) is 2.68. The fourth-order valence-corrected chi connectivity index (χ4v) is 2.28. The van der Waals surface area contributed by atoms with Crippen LogP contribution in [0.25, 0.3) is 0 Å². The summed E-state index contributed by atoms with van der Waals surface area (Å²) >= 11 is 1.61. The highest BCUT2D eigenvalue weighted by Gasteiger charge is 2.13. The molecule has 1 heterocycles. The maximum absolute atomic E-state index is 8.69. The van der Waals surface area contributed by atoms with Gasteiger partial charge in [0.1, 0.15) is 0 Å². The lowest BCUT2D eigenvalue weighted by molar-refractivity contribution is 0.199. The van der Waals surface area contributed by atoms with E-state index in [1.54, 1.807) is 18.4 Å². The van der Waals surface area contributed by atoms with Crippen LogP contribution in [0.3, 0.4) is 0 Å². The molecule has 0 saturated carbocycles. The van der Waals surface area contributed by atoms with Crippen molar-refractivity contribution in [2.24, 2.45) is 0 Å². The molecular formula is C12H20N4OS. The minimum atomic E-state index is 0.190. The molecule has 18 heavy (non-hydrogen) atoms. The monoisotopic (exact) mass is 268 g/mol. The SMILES string of the molecule is COCCNCc1csc(N(C)C(C)CC#N)n1. The van der Waals surface area contributed by atoms with Crippen LogP contribution in [0.4, 0.5) is 5.13 Å². The predicted molar refractivity (Wildman–Crippen MR) is 73.8 cm³/mol. The van der Waals surface area contributed by atoms with Crippen LogP contribution >= 0.6 is 11.3 Å². The third kappa shape index (κ3) is 4.61. The minimum Gasteiger partial charge on any atom is -0.383 e. The molecule has 1 atom stereocenters. The second-order valence-electron chi connectivity index (χ2n) is 4.11. The van der Waals surface area contributed by atoms with E-state index in [1.807, 2.05) is 24.3 Å². The molecule has 100 valence electrons. The van der Waals surface area contributed by atoms with Crippen molar-refractivity contribution < 1.29 is 4.74 Å². The van der Waals surface area contributed by atoms with E-state index in [-0.39, 0.29) is 6.04 Å². The van der Waals surface area contributed by atoms with Gasteiger partial charge in [0, 0.05) is 38.7 Å². The van der Waals surface area contributed by atoms with Gasteiger partial charge in [-0.05, 0) is 6.92 Å². The van der Waals surface area contributed by atoms with E-state index in [2.05, 4.69) is 16.4 Å². The zero-order chi connectivity index (χ0) is 13.4. The van der Waals surface area contributed by atoms with Crippen LogP contribution in [0.5, 0.6) is 0 Å². The predicted octanol–water partition coefficient (Wildman–Crippen LogP) is 1.62. The molecule has 5 nitrogen and oxygen atoms in total. The molecule has 1 aromatic rings. The van der Waals surface area contributed by atoms with E-state index >= 15 is 0 Å². The average molecular weight is 268 g/mol. The first-order valence-corrected chi connectivity index (χ1v) is 6.80. The first kappa shape index (κ1) is 14.9. The summed E-state index contributed by atoms with van der Waals surface area (Å²) in [5, 5.41) is 15.0.